The zero-order valence-corrected chi connectivity index (χ0v) is 9.80. The van der Waals surface area contributed by atoms with Gasteiger partial charge in [-0.2, -0.15) is 0 Å². The molecule has 1 aromatic heterocycles. The van der Waals surface area contributed by atoms with E-state index in [9.17, 15) is 4.79 Å². The van der Waals surface area contributed by atoms with Crippen LogP contribution in [0.1, 0.15) is 12.8 Å². The van der Waals surface area contributed by atoms with Gasteiger partial charge in [0.2, 0.25) is 5.91 Å². The highest BCUT2D eigenvalue weighted by molar-refractivity contribution is 5.87. The topological polar surface area (TPSA) is 71.5 Å². The highest BCUT2D eigenvalue weighted by atomic mass is 16.5. The monoisotopic (exact) mass is 246 g/mol. The van der Waals surface area contributed by atoms with Crippen molar-refractivity contribution in [2.24, 2.45) is 0 Å². The molecular weight excluding hydrogens is 232 g/mol. The third-order valence-corrected chi connectivity index (χ3v) is 2.57. The van der Waals surface area contributed by atoms with E-state index in [0.29, 0.717) is 13.0 Å². The van der Waals surface area contributed by atoms with Gasteiger partial charge in [0, 0.05) is 29.6 Å². The standard InChI is InChI=1S/C13H14N2O3/c16-13(15-17)5-2-8-18-12-4-1-3-10-9-14-7-6-11(10)12/h1,3-4,6-7,9,17H,2,5,8H2,(H,15,16). The van der Waals surface area contributed by atoms with Crippen LogP contribution in [0.15, 0.2) is 36.7 Å². The van der Waals surface area contributed by atoms with Crippen LogP contribution in [0.4, 0.5) is 0 Å². The number of ether oxygens (including phenoxy) is 1. The molecule has 0 bridgehead atoms. The lowest BCUT2D eigenvalue weighted by atomic mass is 10.1. The maximum atomic E-state index is 10.8. The molecule has 5 heteroatoms. The fourth-order valence-corrected chi connectivity index (χ4v) is 1.69. The molecule has 0 aliphatic carbocycles. The second-order valence-corrected chi connectivity index (χ2v) is 3.84. The first kappa shape index (κ1) is 12.3. The number of carbonyl (C=O) groups excluding carboxylic acids is 1. The number of carbonyl (C=O) groups is 1. The Morgan fingerprint density at radius 2 is 2.28 bits per heavy atom. The molecule has 1 heterocycles. The molecule has 94 valence electrons. The first-order valence-corrected chi connectivity index (χ1v) is 5.70. The number of fused-ring (bicyclic) bond motifs is 1. The molecule has 0 aliphatic rings. The second kappa shape index (κ2) is 5.97. The number of hydrogen-bond acceptors (Lipinski definition) is 4. The van der Waals surface area contributed by atoms with Gasteiger partial charge in [-0.15, -0.1) is 0 Å². The van der Waals surface area contributed by atoms with Crippen molar-refractivity contribution in [3.05, 3.63) is 36.7 Å². The van der Waals surface area contributed by atoms with Gasteiger partial charge in [-0.1, -0.05) is 12.1 Å². The molecule has 2 N–H and O–H groups in total. The summed E-state index contributed by atoms with van der Waals surface area (Å²) in [5, 5.41) is 10.4. The van der Waals surface area contributed by atoms with E-state index >= 15 is 0 Å². The highest BCUT2D eigenvalue weighted by Crippen LogP contribution is 2.24. The minimum Gasteiger partial charge on any atom is -0.493 e. The van der Waals surface area contributed by atoms with Crippen LogP contribution in [0.25, 0.3) is 10.8 Å². The fraction of sp³-hybridized carbons (Fsp3) is 0.231. The van der Waals surface area contributed by atoms with Gasteiger partial charge in [0.05, 0.1) is 6.61 Å². The van der Waals surface area contributed by atoms with Crippen LogP contribution in [-0.4, -0.2) is 22.7 Å². The van der Waals surface area contributed by atoms with Gasteiger partial charge < -0.3 is 4.74 Å². The summed E-state index contributed by atoms with van der Waals surface area (Å²) in [7, 11) is 0. The largest absolute Gasteiger partial charge is 0.493 e. The lowest BCUT2D eigenvalue weighted by Crippen LogP contribution is -2.18. The van der Waals surface area contributed by atoms with Crippen molar-refractivity contribution in [2.75, 3.05) is 6.61 Å². The third kappa shape index (κ3) is 2.95. The van der Waals surface area contributed by atoms with Crippen LogP contribution >= 0.6 is 0 Å². The van der Waals surface area contributed by atoms with Gasteiger partial charge in [0.15, 0.2) is 0 Å². The summed E-state index contributed by atoms with van der Waals surface area (Å²) in [6, 6.07) is 7.65. The van der Waals surface area contributed by atoms with Crippen molar-refractivity contribution in [3.63, 3.8) is 0 Å². The number of nitrogens with zero attached hydrogens (tertiary/aromatic N) is 1. The number of amides is 1. The first-order valence-electron chi connectivity index (χ1n) is 5.70. The number of aromatic nitrogens is 1. The number of nitrogens with one attached hydrogen (secondary N) is 1. The third-order valence-electron chi connectivity index (χ3n) is 2.57. The molecule has 0 spiro atoms. The zero-order valence-electron chi connectivity index (χ0n) is 9.80. The van der Waals surface area contributed by atoms with Gasteiger partial charge in [-0.25, -0.2) is 5.48 Å². The molecule has 5 nitrogen and oxygen atoms in total. The summed E-state index contributed by atoms with van der Waals surface area (Å²) in [4.78, 5) is 14.9. The summed E-state index contributed by atoms with van der Waals surface area (Å²) in [6.07, 6.45) is 4.28. The lowest BCUT2D eigenvalue weighted by Gasteiger charge is -2.08. The van der Waals surface area contributed by atoms with Crippen molar-refractivity contribution in [1.82, 2.24) is 10.5 Å². The lowest BCUT2D eigenvalue weighted by molar-refractivity contribution is -0.129. The summed E-state index contributed by atoms with van der Waals surface area (Å²) < 4.78 is 5.62. The van der Waals surface area contributed by atoms with E-state index in [1.165, 1.54) is 0 Å². The predicted octanol–water partition coefficient (Wildman–Crippen LogP) is 1.90. The van der Waals surface area contributed by atoms with Crippen LogP contribution in [0.2, 0.25) is 0 Å². The van der Waals surface area contributed by atoms with Crippen molar-refractivity contribution in [1.29, 1.82) is 0 Å². The molecule has 2 aromatic rings. The Bertz CT molecular complexity index is 537. The van der Waals surface area contributed by atoms with Gasteiger partial charge in [-0.3, -0.25) is 15.0 Å². The van der Waals surface area contributed by atoms with Crippen LogP contribution in [0.5, 0.6) is 5.75 Å². The molecule has 0 radical (unpaired) electrons. The molecule has 0 saturated heterocycles. The molecule has 1 amide bonds. The average Bonchev–Trinajstić information content (AvgIpc) is 2.43. The Kier molecular flexibility index (Phi) is 4.09. The molecule has 0 saturated carbocycles. The molecule has 2 rings (SSSR count). The summed E-state index contributed by atoms with van der Waals surface area (Å²) >= 11 is 0. The van der Waals surface area contributed by atoms with Crippen LogP contribution in [-0.2, 0) is 4.79 Å². The van der Waals surface area contributed by atoms with E-state index in [2.05, 4.69) is 4.98 Å². The van der Waals surface area contributed by atoms with E-state index in [4.69, 9.17) is 9.94 Å². The zero-order chi connectivity index (χ0) is 12.8. The van der Waals surface area contributed by atoms with E-state index in [1.54, 1.807) is 17.9 Å². The number of hydrogen-bond donors (Lipinski definition) is 2. The van der Waals surface area contributed by atoms with Crippen LogP contribution in [0.3, 0.4) is 0 Å². The Morgan fingerprint density at radius 1 is 1.39 bits per heavy atom. The van der Waals surface area contributed by atoms with E-state index < -0.39 is 5.91 Å². The molecule has 0 atom stereocenters. The predicted molar refractivity (Wildman–Crippen MR) is 66.4 cm³/mol. The van der Waals surface area contributed by atoms with Gasteiger partial charge >= 0.3 is 0 Å². The number of benzene rings is 1. The minimum absolute atomic E-state index is 0.239. The fourth-order valence-electron chi connectivity index (χ4n) is 1.69. The van der Waals surface area contributed by atoms with Crippen molar-refractivity contribution in [3.8, 4) is 5.75 Å². The number of hydroxylamine groups is 1. The first-order chi connectivity index (χ1) is 8.81. The van der Waals surface area contributed by atoms with Crippen molar-refractivity contribution < 1.29 is 14.7 Å². The molecule has 0 unspecified atom stereocenters. The van der Waals surface area contributed by atoms with E-state index in [-0.39, 0.29) is 6.42 Å². The van der Waals surface area contributed by atoms with Gasteiger partial charge in [-0.05, 0) is 18.6 Å². The number of rotatable bonds is 5. The molecule has 0 fully saturated rings. The van der Waals surface area contributed by atoms with E-state index in [1.807, 2.05) is 24.3 Å². The molecule has 1 aromatic carbocycles. The number of pyridine rings is 1. The molecule has 18 heavy (non-hydrogen) atoms. The smallest absolute Gasteiger partial charge is 0.243 e. The van der Waals surface area contributed by atoms with E-state index in [0.717, 1.165) is 16.5 Å². The average molecular weight is 246 g/mol. The van der Waals surface area contributed by atoms with Crippen LogP contribution in [0, 0.1) is 0 Å². The maximum Gasteiger partial charge on any atom is 0.243 e. The minimum atomic E-state index is -0.402. The Labute approximate surface area is 104 Å². The van der Waals surface area contributed by atoms with Gasteiger partial charge in [0.1, 0.15) is 5.75 Å². The van der Waals surface area contributed by atoms with Gasteiger partial charge in [0.25, 0.3) is 0 Å². The normalized spacial score (nSPS) is 10.3. The van der Waals surface area contributed by atoms with Crippen molar-refractivity contribution in [2.45, 2.75) is 12.8 Å². The Hall–Kier alpha value is -2.14. The second-order valence-electron chi connectivity index (χ2n) is 3.84. The quantitative estimate of drug-likeness (QED) is 0.480. The maximum absolute atomic E-state index is 10.8. The SMILES string of the molecule is O=C(CCCOc1cccc2cnccc12)NO. The van der Waals surface area contributed by atoms with Crippen LogP contribution < -0.4 is 10.2 Å². The summed E-state index contributed by atoms with van der Waals surface area (Å²) in [5.41, 5.74) is 1.59. The molecular formula is C13H14N2O3. The Balaban J connectivity index is 1.97. The summed E-state index contributed by atoms with van der Waals surface area (Å²) in [5.74, 6) is 0.375. The Morgan fingerprint density at radius 3 is 3.11 bits per heavy atom. The molecule has 0 aliphatic heterocycles. The summed E-state index contributed by atoms with van der Waals surface area (Å²) in [6.45, 7) is 0.425. The van der Waals surface area contributed by atoms with Crippen molar-refractivity contribution >= 4 is 16.7 Å². The highest BCUT2D eigenvalue weighted by Gasteiger charge is 2.02.